The number of carbonyl (C=O) groups excluding carboxylic acids is 2. The average Bonchev–Trinajstić information content (AvgIpc) is 3.17. The van der Waals surface area contributed by atoms with Crippen LogP contribution in [0.25, 0.3) is 5.69 Å². The highest BCUT2D eigenvalue weighted by Crippen LogP contribution is 2.48. The fourth-order valence-electron chi connectivity index (χ4n) is 4.29. The lowest BCUT2D eigenvalue weighted by Gasteiger charge is -2.24. The smallest absolute Gasteiger partial charge is 0.240 e. The number of nitrogens with zero attached hydrogens (tertiary/aromatic N) is 3. The molecule has 7 nitrogen and oxygen atoms in total. The topological polar surface area (TPSA) is 76.5 Å². The summed E-state index contributed by atoms with van der Waals surface area (Å²) in [6.45, 7) is 6.58. The fourth-order valence-corrected chi connectivity index (χ4v) is 5.69. The summed E-state index contributed by atoms with van der Waals surface area (Å²) in [5, 5.41) is 7.83. The summed E-state index contributed by atoms with van der Waals surface area (Å²) in [4.78, 5) is 27.9. The second-order valence-corrected chi connectivity index (χ2v) is 11.3. The summed E-state index contributed by atoms with van der Waals surface area (Å²) in [6, 6.07) is 13.6. The second kappa shape index (κ2) is 11.2. The number of halogens is 2. The van der Waals surface area contributed by atoms with Crippen LogP contribution in [0.2, 0.25) is 5.02 Å². The lowest BCUT2D eigenvalue weighted by Crippen LogP contribution is -2.43. The van der Waals surface area contributed by atoms with Crippen LogP contribution in [-0.2, 0) is 19.7 Å². The van der Waals surface area contributed by atoms with Gasteiger partial charge in [-0.25, -0.2) is 9.07 Å². The van der Waals surface area contributed by atoms with Crippen molar-refractivity contribution in [2.45, 2.75) is 31.4 Å². The van der Waals surface area contributed by atoms with Crippen LogP contribution < -0.4 is 10.2 Å². The maximum Gasteiger partial charge on any atom is 0.240 e. The zero-order chi connectivity index (χ0) is 26.7. The number of methoxy groups -OCH3 is 1. The van der Waals surface area contributed by atoms with Crippen LogP contribution >= 0.6 is 23.4 Å². The van der Waals surface area contributed by atoms with Gasteiger partial charge in [-0.2, -0.15) is 5.10 Å². The quantitative estimate of drug-likeness (QED) is 0.428. The molecule has 0 bridgehead atoms. The summed E-state index contributed by atoms with van der Waals surface area (Å²) in [7, 11) is 1.55. The van der Waals surface area contributed by atoms with Gasteiger partial charge in [-0.05, 0) is 29.8 Å². The number of amides is 2. The maximum atomic E-state index is 14.3. The van der Waals surface area contributed by atoms with E-state index in [1.807, 2.05) is 45.0 Å². The number of carbonyl (C=O) groups is 2. The van der Waals surface area contributed by atoms with E-state index in [9.17, 15) is 14.0 Å². The van der Waals surface area contributed by atoms with Gasteiger partial charge in [0.2, 0.25) is 11.8 Å². The Labute approximate surface area is 225 Å². The summed E-state index contributed by atoms with van der Waals surface area (Å²) in [6.07, 6.45) is 0. The molecule has 3 aromatic rings. The summed E-state index contributed by atoms with van der Waals surface area (Å²) >= 11 is 8.00. The number of benzene rings is 2. The third kappa shape index (κ3) is 5.84. The molecule has 10 heteroatoms. The largest absolute Gasteiger partial charge is 0.383 e. The van der Waals surface area contributed by atoms with Gasteiger partial charge in [0, 0.05) is 24.6 Å². The number of hydrogen-bond donors (Lipinski definition) is 1. The molecule has 1 aliphatic heterocycles. The lowest BCUT2D eigenvalue weighted by atomic mass is 9.87. The molecule has 2 aromatic carbocycles. The van der Waals surface area contributed by atoms with Gasteiger partial charge in [0.05, 0.1) is 34.0 Å². The van der Waals surface area contributed by atoms with E-state index in [0.717, 1.165) is 16.8 Å². The van der Waals surface area contributed by atoms with Crippen LogP contribution in [-0.4, -0.2) is 54.2 Å². The fraction of sp³-hybridized carbons (Fsp3) is 0.370. The Hall–Kier alpha value is -2.88. The summed E-state index contributed by atoms with van der Waals surface area (Å²) in [5.41, 5.74) is 2.37. The van der Waals surface area contributed by atoms with Crippen LogP contribution in [0.3, 0.4) is 0 Å². The molecule has 37 heavy (non-hydrogen) atoms. The zero-order valence-corrected chi connectivity index (χ0v) is 22.8. The first-order chi connectivity index (χ1) is 17.6. The van der Waals surface area contributed by atoms with Crippen molar-refractivity contribution < 1.29 is 18.7 Å². The van der Waals surface area contributed by atoms with Crippen molar-refractivity contribution in [2.24, 2.45) is 0 Å². The van der Waals surface area contributed by atoms with E-state index in [1.54, 1.807) is 23.9 Å². The molecule has 2 heterocycles. The molecule has 2 amide bonds. The van der Waals surface area contributed by atoms with Crippen molar-refractivity contribution >= 4 is 41.0 Å². The Morgan fingerprint density at radius 2 is 2.00 bits per heavy atom. The minimum absolute atomic E-state index is 0.104. The van der Waals surface area contributed by atoms with Gasteiger partial charge < -0.3 is 10.1 Å². The number of nitrogens with one attached hydrogen (secondary N) is 1. The Kier molecular flexibility index (Phi) is 8.26. The normalized spacial score (nSPS) is 15.9. The van der Waals surface area contributed by atoms with Crippen molar-refractivity contribution in [1.82, 2.24) is 15.1 Å². The Balaban J connectivity index is 1.97. The van der Waals surface area contributed by atoms with E-state index >= 15 is 0 Å². The van der Waals surface area contributed by atoms with Gasteiger partial charge in [0.1, 0.15) is 18.2 Å². The SMILES string of the molecule is COCCNC(=O)CN1C(=O)CS[C@H](c2cccc(F)c2)c2c(C(C)(C)C)nn(-c3ccccc3Cl)c21. The molecule has 1 aliphatic rings. The van der Waals surface area contributed by atoms with Gasteiger partial charge in [-0.3, -0.25) is 14.5 Å². The highest BCUT2D eigenvalue weighted by Gasteiger charge is 2.40. The van der Waals surface area contributed by atoms with E-state index in [2.05, 4.69) is 5.32 Å². The maximum absolute atomic E-state index is 14.3. The van der Waals surface area contributed by atoms with Gasteiger partial charge in [-0.15, -0.1) is 11.8 Å². The van der Waals surface area contributed by atoms with Gasteiger partial charge >= 0.3 is 0 Å². The molecular weight excluding hydrogens is 515 g/mol. The number of rotatable bonds is 7. The Bertz CT molecular complexity index is 1310. The van der Waals surface area contributed by atoms with Crippen LogP contribution in [0.1, 0.15) is 42.8 Å². The number of aromatic nitrogens is 2. The first-order valence-electron chi connectivity index (χ1n) is 11.9. The van der Waals surface area contributed by atoms with Crippen LogP contribution in [0.15, 0.2) is 48.5 Å². The third-order valence-electron chi connectivity index (χ3n) is 5.96. The number of para-hydroxylation sites is 1. The van der Waals surface area contributed by atoms with E-state index < -0.39 is 5.41 Å². The lowest BCUT2D eigenvalue weighted by molar-refractivity contribution is -0.123. The highest BCUT2D eigenvalue weighted by molar-refractivity contribution is 8.00. The predicted octanol–water partition coefficient (Wildman–Crippen LogP) is 4.89. The number of anilines is 1. The molecular formula is C27H30ClFN4O3S. The van der Waals surface area contributed by atoms with E-state index in [4.69, 9.17) is 21.4 Å². The Morgan fingerprint density at radius 1 is 1.24 bits per heavy atom. The molecule has 0 fully saturated rings. The van der Waals surface area contributed by atoms with E-state index in [-0.39, 0.29) is 35.2 Å². The van der Waals surface area contributed by atoms with Crippen LogP contribution in [0.4, 0.5) is 10.2 Å². The molecule has 196 valence electrons. The first kappa shape index (κ1) is 27.2. The van der Waals surface area contributed by atoms with Crippen molar-refractivity contribution in [2.75, 3.05) is 37.5 Å². The Morgan fingerprint density at radius 3 is 2.68 bits per heavy atom. The molecule has 1 aromatic heterocycles. The molecule has 0 unspecified atom stereocenters. The second-order valence-electron chi connectivity index (χ2n) is 9.77. The van der Waals surface area contributed by atoms with Gasteiger partial charge in [-0.1, -0.05) is 56.6 Å². The molecule has 0 aliphatic carbocycles. The standard InChI is InChI=1S/C27H30ClFN4O3S/c1-27(2,3)25-23-24(17-8-7-9-18(29)14-17)37-16-22(35)32(15-21(34)30-12-13-36-4)26(23)33(31-25)20-11-6-5-10-19(20)28/h5-11,14,24H,12-13,15-16H2,1-4H3,(H,30,34)/t24-/m1/s1. The van der Waals surface area contributed by atoms with E-state index in [1.165, 1.54) is 28.8 Å². The van der Waals surface area contributed by atoms with E-state index in [0.29, 0.717) is 29.7 Å². The summed E-state index contributed by atoms with van der Waals surface area (Å²) < 4.78 is 21.0. The van der Waals surface area contributed by atoms with Crippen molar-refractivity contribution in [3.63, 3.8) is 0 Å². The minimum Gasteiger partial charge on any atom is -0.383 e. The number of thioether (sulfide) groups is 1. The van der Waals surface area contributed by atoms with Crippen LogP contribution in [0, 0.1) is 5.82 Å². The molecule has 4 rings (SSSR count). The first-order valence-corrected chi connectivity index (χ1v) is 13.4. The molecule has 0 saturated carbocycles. The average molecular weight is 545 g/mol. The highest BCUT2D eigenvalue weighted by atomic mass is 35.5. The van der Waals surface area contributed by atoms with Crippen molar-refractivity contribution in [3.8, 4) is 5.69 Å². The molecule has 0 radical (unpaired) electrons. The number of ether oxygens (including phenoxy) is 1. The van der Waals surface area contributed by atoms with Crippen molar-refractivity contribution in [1.29, 1.82) is 0 Å². The third-order valence-corrected chi connectivity index (χ3v) is 7.54. The molecule has 0 saturated heterocycles. The predicted molar refractivity (Wildman–Crippen MR) is 145 cm³/mol. The molecule has 1 atom stereocenters. The summed E-state index contributed by atoms with van der Waals surface area (Å²) in [5.74, 6) is -0.368. The monoisotopic (exact) mass is 544 g/mol. The van der Waals surface area contributed by atoms with Gasteiger partial charge in [0.25, 0.3) is 0 Å². The number of fused-ring (bicyclic) bond motifs is 1. The van der Waals surface area contributed by atoms with Crippen LogP contribution in [0.5, 0.6) is 0 Å². The molecule has 0 spiro atoms. The molecule has 1 N–H and O–H groups in total. The number of hydrogen-bond acceptors (Lipinski definition) is 5. The van der Waals surface area contributed by atoms with Crippen molar-refractivity contribution in [3.05, 3.63) is 76.2 Å². The van der Waals surface area contributed by atoms with Gasteiger partial charge in [0.15, 0.2) is 0 Å². The minimum atomic E-state index is -0.428. The zero-order valence-electron chi connectivity index (χ0n) is 21.3.